The zero-order valence-electron chi connectivity index (χ0n) is 18.6. The van der Waals surface area contributed by atoms with Crippen molar-refractivity contribution in [2.24, 2.45) is 0 Å². The Bertz CT molecular complexity index is 1620. The molecule has 0 radical (unpaired) electrons. The number of hydrogen-bond donors (Lipinski definition) is 1. The first-order chi connectivity index (χ1) is 17.2. The van der Waals surface area contributed by atoms with Crippen molar-refractivity contribution in [3.63, 3.8) is 0 Å². The second-order valence-corrected chi connectivity index (χ2v) is 10.9. The number of hydrogen-bond acceptors (Lipinski definition) is 4. The summed E-state index contributed by atoms with van der Waals surface area (Å²) in [6.07, 6.45) is 0. The number of halogens is 2. The summed E-state index contributed by atoms with van der Waals surface area (Å²) in [5, 5.41) is 3.77. The number of benzene rings is 4. The fraction of sp³-hybridized carbons (Fsp3) is 0.0370. The minimum absolute atomic E-state index is 0.0541. The van der Waals surface area contributed by atoms with Crippen LogP contribution in [0.5, 0.6) is 0 Å². The molecule has 0 spiro atoms. The molecule has 2 amide bonds. The summed E-state index contributed by atoms with van der Waals surface area (Å²) in [4.78, 5) is 27.9. The lowest BCUT2D eigenvalue weighted by Gasteiger charge is -2.23. The van der Waals surface area contributed by atoms with Gasteiger partial charge in [-0.2, -0.15) is 0 Å². The van der Waals surface area contributed by atoms with E-state index in [0.717, 1.165) is 0 Å². The maximum Gasteiger partial charge on any atom is 0.259 e. The van der Waals surface area contributed by atoms with Crippen molar-refractivity contribution in [1.29, 1.82) is 0 Å². The monoisotopic (exact) mass is 536 g/mol. The average Bonchev–Trinajstić information content (AvgIpc) is 2.93. The maximum absolute atomic E-state index is 13.7. The van der Waals surface area contributed by atoms with Gasteiger partial charge in [0, 0.05) is 21.3 Å². The van der Waals surface area contributed by atoms with E-state index in [1.807, 2.05) is 0 Å². The van der Waals surface area contributed by atoms with E-state index in [4.69, 9.17) is 23.2 Å². The first-order valence-corrected chi connectivity index (χ1v) is 13.1. The minimum Gasteiger partial charge on any atom is -0.322 e. The highest BCUT2D eigenvalue weighted by atomic mass is 35.5. The van der Waals surface area contributed by atoms with E-state index in [1.165, 1.54) is 35.2 Å². The third kappa shape index (κ3) is 4.48. The van der Waals surface area contributed by atoms with Gasteiger partial charge in [-0.1, -0.05) is 47.5 Å². The fourth-order valence-corrected chi connectivity index (χ4v) is 6.03. The van der Waals surface area contributed by atoms with Gasteiger partial charge in [0.1, 0.15) is 0 Å². The van der Waals surface area contributed by atoms with Crippen molar-refractivity contribution in [1.82, 2.24) is 0 Å². The number of anilines is 2. The van der Waals surface area contributed by atoms with E-state index in [-0.39, 0.29) is 33.2 Å². The van der Waals surface area contributed by atoms with Crippen LogP contribution in [0.25, 0.3) is 0 Å². The van der Waals surface area contributed by atoms with Gasteiger partial charge in [-0.3, -0.25) is 9.59 Å². The lowest BCUT2D eigenvalue weighted by molar-refractivity contribution is 0.0979. The molecule has 4 aromatic rings. The maximum atomic E-state index is 13.7. The van der Waals surface area contributed by atoms with Crippen molar-refractivity contribution >= 4 is 56.2 Å². The summed E-state index contributed by atoms with van der Waals surface area (Å²) in [6.45, 7) is 0.0541. The van der Waals surface area contributed by atoms with E-state index in [9.17, 15) is 18.0 Å². The van der Waals surface area contributed by atoms with Crippen LogP contribution in [-0.4, -0.2) is 20.2 Å². The van der Waals surface area contributed by atoms with E-state index >= 15 is 0 Å². The Morgan fingerprint density at radius 1 is 0.806 bits per heavy atom. The summed E-state index contributed by atoms with van der Waals surface area (Å²) in [6, 6.07) is 23.9. The highest BCUT2D eigenvalue weighted by Crippen LogP contribution is 2.38. The van der Waals surface area contributed by atoms with Crippen LogP contribution in [-0.2, 0) is 16.4 Å². The van der Waals surface area contributed by atoms with Gasteiger partial charge in [0.05, 0.1) is 27.6 Å². The molecule has 0 saturated carbocycles. The second-order valence-electron chi connectivity index (χ2n) is 8.16. The first-order valence-electron chi connectivity index (χ1n) is 10.9. The average molecular weight is 537 g/mol. The second kappa shape index (κ2) is 9.43. The topological polar surface area (TPSA) is 83.6 Å². The van der Waals surface area contributed by atoms with Crippen molar-refractivity contribution in [3.05, 3.63) is 118 Å². The fourth-order valence-electron chi connectivity index (χ4n) is 4.06. The third-order valence-electron chi connectivity index (χ3n) is 5.79. The molecule has 1 heterocycles. The van der Waals surface area contributed by atoms with E-state index in [1.54, 1.807) is 60.7 Å². The van der Waals surface area contributed by atoms with Gasteiger partial charge in [0.25, 0.3) is 11.8 Å². The van der Waals surface area contributed by atoms with Gasteiger partial charge in [0.2, 0.25) is 9.84 Å². The zero-order valence-corrected chi connectivity index (χ0v) is 20.9. The van der Waals surface area contributed by atoms with Gasteiger partial charge in [-0.05, 0) is 72.3 Å². The number of sulfone groups is 1. The summed E-state index contributed by atoms with van der Waals surface area (Å²) in [5.74, 6) is -0.961. The van der Waals surface area contributed by atoms with E-state index in [0.29, 0.717) is 21.3 Å². The largest absolute Gasteiger partial charge is 0.322 e. The first kappa shape index (κ1) is 24.1. The van der Waals surface area contributed by atoms with Crippen LogP contribution in [0.1, 0.15) is 26.3 Å². The molecular formula is C27H18Cl2N2O4S. The number of nitrogens with zero attached hydrogens (tertiary/aromatic N) is 1. The summed E-state index contributed by atoms with van der Waals surface area (Å²) < 4.78 is 27.2. The quantitative estimate of drug-likeness (QED) is 0.334. The Hall–Kier alpha value is -3.65. The SMILES string of the molecule is O=C(Nc1ccc(Cl)cc1)c1ccc2c(c1)N(Cc1cccc(Cl)c1)C(=O)c1ccccc1S2(=O)=O. The molecular weight excluding hydrogens is 519 g/mol. The Labute approximate surface area is 218 Å². The molecule has 0 unspecified atom stereocenters. The van der Waals surface area contributed by atoms with Gasteiger partial charge in [-0.15, -0.1) is 0 Å². The standard InChI is InChI=1S/C27H18Cl2N2O4S/c28-19-9-11-21(12-10-19)30-26(32)18-8-13-25-23(15-18)31(16-17-4-3-5-20(29)14-17)27(33)22-6-1-2-7-24(22)36(25,34)35/h1-15H,16H2,(H,30,32). The molecule has 5 rings (SSSR count). The number of rotatable bonds is 4. The van der Waals surface area contributed by atoms with Crippen molar-refractivity contribution in [3.8, 4) is 0 Å². The van der Waals surface area contributed by atoms with Gasteiger partial charge in [0.15, 0.2) is 0 Å². The van der Waals surface area contributed by atoms with Crippen molar-refractivity contribution < 1.29 is 18.0 Å². The highest BCUT2D eigenvalue weighted by Gasteiger charge is 2.36. The number of amides is 2. The predicted molar refractivity (Wildman–Crippen MR) is 140 cm³/mol. The minimum atomic E-state index is -4.05. The number of fused-ring (bicyclic) bond motifs is 2. The van der Waals surface area contributed by atoms with Gasteiger partial charge >= 0.3 is 0 Å². The Kier molecular flexibility index (Phi) is 6.30. The highest BCUT2D eigenvalue weighted by molar-refractivity contribution is 7.91. The molecule has 0 aliphatic carbocycles. The molecule has 0 saturated heterocycles. The molecule has 1 N–H and O–H groups in total. The molecule has 1 aliphatic heterocycles. The smallest absolute Gasteiger partial charge is 0.259 e. The molecule has 0 bridgehead atoms. The van der Waals surface area contributed by atoms with E-state index < -0.39 is 21.7 Å². The summed E-state index contributed by atoms with van der Waals surface area (Å²) in [7, 11) is -4.05. The van der Waals surface area contributed by atoms with Crippen LogP contribution in [0.15, 0.2) is 101 Å². The Morgan fingerprint density at radius 3 is 2.31 bits per heavy atom. The third-order valence-corrected chi connectivity index (χ3v) is 8.13. The molecule has 0 atom stereocenters. The Balaban J connectivity index is 1.64. The molecule has 180 valence electrons. The molecule has 0 aromatic heterocycles. The van der Waals surface area contributed by atoms with Gasteiger partial charge < -0.3 is 10.2 Å². The molecule has 1 aliphatic rings. The van der Waals surface area contributed by atoms with Crippen LogP contribution in [0.4, 0.5) is 11.4 Å². The van der Waals surface area contributed by atoms with Crippen LogP contribution in [0, 0.1) is 0 Å². The van der Waals surface area contributed by atoms with Crippen LogP contribution >= 0.6 is 23.2 Å². The van der Waals surface area contributed by atoms with Gasteiger partial charge in [-0.25, -0.2) is 8.42 Å². The Morgan fingerprint density at radius 2 is 1.56 bits per heavy atom. The van der Waals surface area contributed by atoms with Crippen molar-refractivity contribution in [2.75, 3.05) is 10.2 Å². The number of nitrogens with one attached hydrogen (secondary N) is 1. The van der Waals surface area contributed by atoms with E-state index in [2.05, 4.69) is 5.32 Å². The molecule has 36 heavy (non-hydrogen) atoms. The van der Waals surface area contributed by atoms with Crippen molar-refractivity contribution in [2.45, 2.75) is 16.3 Å². The number of carbonyl (C=O) groups excluding carboxylic acids is 2. The lowest BCUT2D eigenvalue weighted by atomic mass is 10.1. The molecule has 6 nitrogen and oxygen atoms in total. The molecule has 0 fully saturated rings. The summed E-state index contributed by atoms with van der Waals surface area (Å²) in [5.41, 5.74) is 1.58. The summed E-state index contributed by atoms with van der Waals surface area (Å²) >= 11 is 12.1. The molecule has 4 aromatic carbocycles. The lowest BCUT2D eigenvalue weighted by Crippen LogP contribution is -2.30. The normalized spacial score (nSPS) is 13.9. The zero-order chi connectivity index (χ0) is 25.4. The van der Waals surface area contributed by atoms with Crippen LogP contribution in [0.3, 0.4) is 0 Å². The van der Waals surface area contributed by atoms with Crippen LogP contribution < -0.4 is 10.2 Å². The number of carbonyl (C=O) groups is 2. The molecule has 9 heteroatoms. The van der Waals surface area contributed by atoms with Crippen LogP contribution in [0.2, 0.25) is 10.0 Å². The predicted octanol–water partition coefficient (Wildman–Crippen LogP) is 6.24.